The summed E-state index contributed by atoms with van der Waals surface area (Å²) in [4.78, 5) is 21.8. The van der Waals surface area contributed by atoms with Gasteiger partial charge >= 0.3 is 5.69 Å². The average Bonchev–Trinajstić information content (AvgIpc) is 3.41. The van der Waals surface area contributed by atoms with E-state index in [0.29, 0.717) is 16.9 Å². The molecule has 0 spiro atoms. The summed E-state index contributed by atoms with van der Waals surface area (Å²) in [5, 5.41) is 4.96. The fourth-order valence-electron chi connectivity index (χ4n) is 3.65. The molecule has 0 atom stereocenters. The lowest BCUT2D eigenvalue weighted by molar-refractivity contribution is 0.918. The molecule has 1 aliphatic rings. The molecule has 5 rings (SSSR count). The van der Waals surface area contributed by atoms with E-state index in [1.54, 1.807) is 10.8 Å². The maximum absolute atomic E-state index is 13.1. The van der Waals surface area contributed by atoms with Crippen LogP contribution in [0.25, 0.3) is 27.6 Å². The van der Waals surface area contributed by atoms with Gasteiger partial charge in [0, 0.05) is 29.7 Å². The second-order valence-corrected chi connectivity index (χ2v) is 7.46. The SMILES string of the molecule is Cc1ncccc1-n1c(=O)nc(NC2CC2)c2c1c1cc(Cl)ccc1n2C. The molecule has 0 amide bonds. The first kappa shape index (κ1) is 16.3. The molecule has 3 heterocycles. The van der Waals surface area contributed by atoms with Crippen molar-refractivity contribution in [3.63, 3.8) is 0 Å². The van der Waals surface area contributed by atoms with Crippen molar-refractivity contribution in [2.24, 2.45) is 7.05 Å². The van der Waals surface area contributed by atoms with Crippen LogP contribution in [-0.4, -0.2) is 25.1 Å². The van der Waals surface area contributed by atoms with E-state index in [1.165, 1.54) is 0 Å². The maximum Gasteiger partial charge on any atom is 0.354 e. The zero-order chi connectivity index (χ0) is 18.7. The lowest BCUT2D eigenvalue weighted by atomic mass is 10.2. The highest BCUT2D eigenvalue weighted by Gasteiger charge is 2.26. The van der Waals surface area contributed by atoms with Crippen molar-refractivity contribution >= 4 is 39.4 Å². The Kier molecular flexibility index (Phi) is 3.52. The van der Waals surface area contributed by atoms with E-state index in [4.69, 9.17) is 11.6 Å². The van der Waals surface area contributed by atoms with E-state index in [1.807, 2.05) is 44.3 Å². The highest BCUT2D eigenvalue weighted by molar-refractivity contribution is 6.31. The van der Waals surface area contributed by atoms with E-state index in [2.05, 4.69) is 19.9 Å². The summed E-state index contributed by atoms with van der Waals surface area (Å²) in [6, 6.07) is 9.85. The molecule has 1 aromatic carbocycles. The summed E-state index contributed by atoms with van der Waals surface area (Å²) in [5.41, 5.74) is 3.86. The molecule has 1 N–H and O–H groups in total. The van der Waals surface area contributed by atoms with Crippen LogP contribution in [0, 0.1) is 6.92 Å². The maximum atomic E-state index is 13.1. The van der Waals surface area contributed by atoms with Crippen LogP contribution in [0.3, 0.4) is 0 Å². The van der Waals surface area contributed by atoms with E-state index >= 15 is 0 Å². The first-order valence-electron chi connectivity index (χ1n) is 8.94. The predicted molar refractivity (Wildman–Crippen MR) is 108 cm³/mol. The number of aryl methyl sites for hydroxylation is 2. The summed E-state index contributed by atoms with van der Waals surface area (Å²) in [5.74, 6) is 0.630. The average molecular weight is 380 g/mol. The van der Waals surface area contributed by atoms with Crippen molar-refractivity contribution in [2.75, 3.05) is 5.32 Å². The van der Waals surface area contributed by atoms with Crippen molar-refractivity contribution in [3.8, 4) is 5.69 Å². The Morgan fingerprint density at radius 3 is 2.78 bits per heavy atom. The lowest BCUT2D eigenvalue weighted by Gasteiger charge is -2.13. The fraction of sp³-hybridized carbons (Fsp3) is 0.250. The monoisotopic (exact) mass is 379 g/mol. The number of halogens is 1. The smallest absolute Gasteiger partial charge is 0.354 e. The normalized spacial score (nSPS) is 14.2. The summed E-state index contributed by atoms with van der Waals surface area (Å²) < 4.78 is 3.72. The molecule has 0 aliphatic heterocycles. The molecule has 0 unspecified atom stereocenters. The minimum atomic E-state index is -0.325. The Hall–Kier alpha value is -2.86. The molecule has 1 aliphatic carbocycles. The molecule has 136 valence electrons. The van der Waals surface area contributed by atoms with Gasteiger partial charge in [0.15, 0.2) is 5.82 Å². The van der Waals surface area contributed by atoms with Gasteiger partial charge in [-0.1, -0.05) is 11.6 Å². The number of hydrogen-bond donors (Lipinski definition) is 1. The quantitative estimate of drug-likeness (QED) is 0.588. The van der Waals surface area contributed by atoms with Crippen molar-refractivity contribution in [2.45, 2.75) is 25.8 Å². The molecule has 7 heteroatoms. The number of nitrogens with zero attached hydrogens (tertiary/aromatic N) is 4. The van der Waals surface area contributed by atoms with Gasteiger partial charge in [-0.3, -0.25) is 9.55 Å². The van der Waals surface area contributed by atoms with Crippen LogP contribution in [0.15, 0.2) is 41.3 Å². The van der Waals surface area contributed by atoms with Crippen molar-refractivity contribution in [1.82, 2.24) is 19.1 Å². The summed E-state index contributed by atoms with van der Waals surface area (Å²) in [6.45, 7) is 1.89. The Bertz CT molecular complexity index is 1270. The molecule has 0 bridgehead atoms. The van der Waals surface area contributed by atoms with Crippen molar-refractivity contribution < 1.29 is 0 Å². The molecule has 1 saturated carbocycles. The van der Waals surface area contributed by atoms with Crippen LogP contribution in [0.1, 0.15) is 18.5 Å². The van der Waals surface area contributed by atoms with E-state index < -0.39 is 0 Å². The molecule has 0 radical (unpaired) electrons. The van der Waals surface area contributed by atoms with Crippen LogP contribution in [-0.2, 0) is 7.05 Å². The Morgan fingerprint density at radius 2 is 2.04 bits per heavy atom. The number of benzene rings is 1. The Balaban J connectivity index is 1.98. The number of pyridine rings is 1. The molecule has 3 aromatic heterocycles. The van der Waals surface area contributed by atoms with Crippen LogP contribution < -0.4 is 11.0 Å². The number of aromatic nitrogens is 4. The van der Waals surface area contributed by atoms with Crippen LogP contribution >= 0.6 is 11.6 Å². The summed E-state index contributed by atoms with van der Waals surface area (Å²) in [7, 11) is 1.99. The molecule has 4 aromatic rings. The standard InChI is InChI=1S/C20H18ClN5O/c1-11-15(4-3-9-22-11)26-17-14-10-12(21)5-8-16(14)25(2)18(17)19(24-20(26)27)23-13-6-7-13/h3-5,8-10,13H,6-7H2,1-2H3,(H,23,24,27). The molecule has 27 heavy (non-hydrogen) atoms. The first-order valence-corrected chi connectivity index (χ1v) is 9.31. The summed E-state index contributed by atoms with van der Waals surface area (Å²) >= 11 is 6.29. The van der Waals surface area contributed by atoms with Crippen LogP contribution in [0.4, 0.5) is 5.82 Å². The van der Waals surface area contributed by atoms with E-state index in [0.717, 1.165) is 46.2 Å². The zero-order valence-electron chi connectivity index (χ0n) is 15.0. The van der Waals surface area contributed by atoms with Gasteiger partial charge in [0.05, 0.1) is 22.4 Å². The van der Waals surface area contributed by atoms with Gasteiger partial charge in [-0.05, 0) is 50.1 Å². The lowest BCUT2D eigenvalue weighted by Crippen LogP contribution is -2.25. The third-order valence-corrected chi connectivity index (χ3v) is 5.35. The first-order chi connectivity index (χ1) is 13.0. The number of fused-ring (bicyclic) bond motifs is 3. The van der Waals surface area contributed by atoms with Crippen molar-refractivity contribution in [1.29, 1.82) is 0 Å². The topological polar surface area (TPSA) is 64.7 Å². The number of hydrogen-bond acceptors (Lipinski definition) is 4. The van der Waals surface area contributed by atoms with Gasteiger partial charge in [0.2, 0.25) is 0 Å². The molecule has 0 saturated heterocycles. The van der Waals surface area contributed by atoms with Crippen molar-refractivity contribution in [3.05, 3.63) is 57.7 Å². The van der Waals surface area contributed by atoms with Gasteiger partial charge in [-0.25, -0.2) is 4.79 Å². The highest BCUT2D eigenvalue weighted by atomic mass is 35.5. The Labute approximate surface area is 160 Å². The third kappa shape index (κ3) is 2.51. The van der Waals surface area contributed by atoms with Gasteiger partial charge < -0.3 is 9.88 Å². The molecule has 1 fully saturated rings. The minimum absolute atomic E-state index is 0.325. The molecular formula is C20H18ClN5O. The molecule has 6 nitrogen and oxygen atoms in total. The second kappa shape index (κ2) is 5.82. The predicted octanol–water partition coefficient (Wildman–Crippen LogP) is 3.81. The molecular weight excluding hydrogens is 362 g/mol. The van der Waals surface area contributed by atoms with Gasteiger partial charge in [0.25, 0.3) is 0 Å². The number of anilines is 1. The number of nitrogens with one attached hydrogen (secondary N) is 1. The summed E-state index contributed by atoms with van der Waals surface area (Å²) in [6.07, 6.45) is 3.92. The van der Waals surface area contributed by atoms with Gasteiger partial charge in [-0.2, -0.15) is 4.98 Å². The van der Waals surface area contributed by atoms with E-state index in [9.17, 15) is 4.79 Å². The van der Waals surface area contributed by atoms with E-state index in [-0.39, 0.29) is 5.69 Å². The number of rotatable bonds is 3. The minimum Gasteiger partial charge on any atom is -0.365 e. The fourth-order valence-corrected chi connectivity index (χ4v) is 3.82. The highest BCUT2D eigenvalue weighted by Crippen LogP contribution is 2.35. The third-order valence-electron chi connectivity index (χ3n) is 5.12. The second-order valence-electron chi connectivity index (χ2n) is 7.02. The largest absolute Gasteiger partial charge is 0.365 e. The zero-order valence-corrected chi connectivity index (χ0v) is 15.8. The Morgan fingerprint density at radius 1 is 1.22 bits per heavy atom. The van der Waals surface area contributed by atoms with Crippen LogP contribution in [0.5, 0.6) is 0 Å². The van der Waals surface area contributed by atoms with Gasteiger partial charge in [-0.15, -0.1) is 0 Å². The van der Waals surface area contributed by atoms with Crippen LogP contribution in [0.2, 0.25) is 5.02 Å². The van der Waals surface area contributed by atoms with Gasteiger partial charge in [0.1, 0.15) is 5.52 Å².